The van der Waals surface area contributed by atoms with Crippen LogP contribution in [0.2, 0.25) is 0 Å². The van der Waals surface area contributed by atoms with Crippen LogP contribution in [0.4, 0.5) is 5.82 Å². The molecule has 1 aromatic rings. The van der Waals surface area contributed by atoms with Crippen LogP contribution in [0.25, 0.3) is 0 Å². The second-order valence-corrected chi connectivity index (χ2v) is 3.44. The number of ether oxygens (including phenoxy) is 1. The maximum absolute atomic E-state index is 11.5. The second kappa shape index (κ2) is 14.0. The molecule has 0 aliphatic carbocycles. The SMILES string of the molecule is CC.CC.CC.Cc1ccnc(NC(=O)C2COC2)c1. The second-order valence-electron chi connectivity index (χ2n) is 3.44. The molecule has 1 amide bonds. The van der Waals surface area contributed by atoms with E-state index in [2.05, 4.69) is 10.3 Å². The molecule has 0 spiro atoms. The summed E-state index contributed by atoms with van der Waals surface area (Å²) >= 11 is 0. The van der Waals surface area contributed by atoms with Crippen LogP contribution in [-0.2, 0) is 9.53 Å². The zero-order valence-corrected chi connectivity index (χ0v) is 14.0. The molecular formula is C16H30N2O2. The van der Waals surface area contributed by atoms with Gasteiger partial charge in [0, 0.05) is 6.20 Å². The number of anilines is 1. The van der Waals surface area contributed by atoms with Gasteiger partial charge in [0.05, 0.1) is 19.1 Å². The summed E-state index contributed by atoms with van der Waals surface area (Å²) in [6, 6.07) is 3.74. The molecule has 0 atom stereocenters. The average molecular weight is 282 g/mol. The van der Waals surface area contributed by atoms with Crippen LogP contribution >= 0.6 is 0 Å². The predicted molar refractivity (Wildman–Crippen MR) is 86.0 cm³/mol. The fourth-order valence-corrected chi connectivity index (χ4v) is 1.22. The molecule has 4 nitrogen and oxygen atoms in total. The Kier molecular flexibility index (Phi) is 14.6. The van der Waals surface area contributed by atoms with Crippen molar-refractivity contribution in [1.82, 2.24) is 4.98 Å². The number of aryl methyl sites for hydroxylation is 1. The van der Waals surface area contributed by atoms with Crippen molar-refractivity contribution in [2.24, 2.45) is 5.92 Å². The lowest BCUT2D eigenvalue weighted by Gasteiger charge is -2.24. The Labute approximate surface area is 124 Å². The van der Waals surface area contributed by atoms with Gasteiger partial charge in [0.2, 0.25) is 5.91 Å². The number of nitrogens with one attached hydrogen (secondary N) is 1. The average Bonchev–Trinajstić information content (AvgIpc) is 2.43. The third-order valence-corrected chi connectivity index (χ3v) is 2.18. The Morgan fingerprint density at radius 1 is 1.20 bits per heavy atom. The Balaban J connectivity index is 0. The molecule has 2 rings (SSSR count). The van der Waals surface area contributed by atoms with Gasteiger partial charge in [-0.05, 0) is 24.6 Å². The minimum Gasteiger partial charge on any atom is -0.380 e. The molecule has 0 unspecified atom stereocenters. The number of amides is 1. The van der Waals surface area contributed by atoms with Crippen molar-refractivity contribution in [3.63, 3.8) is 0 Å². The Morgan fingerprint density at radius 2 is 1.75 bits per heavy atom. The Bertz CT molecular complexity index is 350. The molecule has 1 fully saturated rings. The van der Waals surface area contributed by atoms with Crippen LogP contribution in [-0.4, -0.2) is 24.1 Å². The maximum Gasteiger partial charge on any atom is 0.233 e. The van der Waals surface area contributed by atoms with E-state index in [0.29, 0.717) is 19.0 Å². The molecule has 1 N–H and O–H groups in total. The van der Waals surface area contributed by atoms with Gasteiger partial charge in [-0.3, -0.25) is 4.79 Å². The third kappa shape index (κ3) is 7.89. The van der Waals surface area contributed by atoms with Crippen molar-refractivity contribution in [1.29, 1.82) is 0 Å². The van der Waals surface area contributed by atoms with Crippen LogP contribution in [0, 0.1) is 12.8 Å². The van der Waals surface area contributed by atoms with Gasteiger partial charge in [-0.1, -0.05) is 41.5 Å². The highest BCUT2D eigenvalue weighted by atomic mass is 16.5. The van der Waals surface area contributed by atoms with Crippen molar-refractivity contribution >= 4 is 11.7 Å². The summed E-state index contributed by atoms with van der Waals surface area (Å²) in [5.41, 5.74) is 1.08. The van der Waals surface area contributed by atoms with Crippen LogP contribution in [0.3, 0.4) is 0 Å². The molecule has 20 heavy (non-hydrogen) atoms. The molecule has 4 heteroatoms. The van der Waals surface area contributed by atoms with Gasteiger partial charge in [-0.2, -0.15) is 0 Å². The Hall–Kier alpha value is -1.42. The largest absolute Gasteiger partial charge is 0.380 e. The van der Waals surface area contributed by atoms with Gasteiger partial charge in [0.1, 0.15) is 5.82 Å². The van der Waals surface area contributed by atoms with Crippen LogP contribution < -0.4 is 5.32 Å². The first-order valence-corrected chi connectivity index (χ1v) is 7.57. The first-order chi connectivity index (χ1) is 9.75. The van der Waals surface area contributed by atoms with Crippen molar-refractivity contribution in [3.8, 4) is 0 Å². The molecule has 1 saturated heterocycles. The fraction of sp³-hybridized carbons (Fsp3) is 0.625. The number of carbonyl (C=O) groups excluding carboxylic acids is 1. The van der Waals surface area contributed by atoms with Crippen LogP contribution in [0.15, 0.2) is 18.3 Å². The van der Waals surface area contributed by atoms with E-state index < -0.39 is 0 Å². The van der Waals surface area contributed by atoms with Crippen molar-refractivity contribution in [2.45, 2.75) is 48.5 Å². The molecule has 1 aromatic heterocycles. The molecule has 0 saturated carbocycles. The van der Waals surface area contributed by atoms with Gasteiger partial charge < -0.3 is 10.1 Å². The van der Waals surface area contributed by atoms with Gasteiger partial charge in [-0.25, -0.2) is 4.98 Å². The zero-order chi connectivity index (χ0) is 16.0. The Morgan fingerprint density at radius 3 is 2.15 bits per heavy atom. The molecule has 1 aliphatic rings. The minimum absolute atomic E-state index is 0.00249. The molecule has 116 valence electrons. The number of aromatic nitrogens is 1. The summed E-state index contributed by atoms with van der Waals surface area (Å²) in [6.07, 6.45) is 1.68. The summed E-state index contributed by atoms with van der Waals surface area (Å²) in [7, 11) is 0. The molecular weight excluding hydrogens is 252 g/mol. The number of rotatable bonds is 2. The number of nitrogens with zero attached hydrogens (tertiary/aromatic N) is 1. The van der Waals surface area contributed by atoms with E-state index in [9.17, 15) is 4.79 Å². The summed E-state index contributed by atoms with van der Waals surface area (Å²) < 4.78 is 4.94. The van der Waals surface area contributed by atoms with Crippen LogP contribution in [0.5, 0.6) is 0 Å². The standard InChI is InChI=1S/C10H12N2O2.3C2H6/c1-7-2-3-11-9(4-7)12-10(13)8-5-14-6-8;3*1-2/h2-4,8H,5-6H2,1H3,(H,11,12,13);3*1-2H3. The number of hydrogen-bond donors (Lipinski definition) is 1. The van der Waals surface area contributed by atoms with E-state index in [-0.39, 0.29) is 11.8 Å². The minimum atomic E-state index is -0.00523. The molecule has 1 aliphatic heterocycles. The third-order valence-electron chi connectivity index (χ3n) is 2.18. The highest BCUT2D eigenvalue weighted by Crippen LogP contribution is 2.13. The highest BCUT2D eigenvalue weighted by molar-refractivity contribution is 5.92. The maximum atomic E-state index is 11.5. The van der Waals surface area contributed by atoms with Gasteiger partial charge >= 0.3 is 0 Å². The molecule has 2 heterocycles. The van der Waals surface area contributed by atoms with Crippen molar-refractivity contribution in [2.75, 3.05) is 18.5 Å². The monoisotopic (exact) mass is 282 g/mol. The summed E-state index contributed by atoms with van der Waals surface area (Å²) in [5, 5.41) is 2.75. The quantitative estimate of drug-likeness (QED) is 0.890. The lowest BCUT2D eigenvalue weighted by Crippen LogP contribution is -2.38. The summed E-state index contributed by atoms with van der Waals surface area (Å²) in [6.45, 7) is 15.0. The van der Waals surface area contributed by atoms with Crippen molar-refractivity contribution < 1.29 is 9.53 Å². The normalized spacial score (nSPS) is 12.2. The topological polar surface area (TPSA) is 51.2 Å². The first-order valence-electron chi connectivity index (χ1n) is 7.57. The van der Waals surface area contributed by atoms with E-state index in [1.54, 1.807) is 6.20 Å². The smallest absolute Gasteiger partial charge is 0.233 e. The number of pyridine rings is 1. The zero-order valence-electron chi connectivity index (χ0n) is 14.0. The predicted octanol–water partition coefficient (Wildman–Crippen LogP) is 4.05. The van der Waals surface area contributed by atoms with E-state index in [4.69, 9.17) is 4.74 Å². The highest BCUT2D eigenvalue weighted by Gasteiger charge is 2.26. The number of hydrogen-bond acceptors (Lipinski definition) is 3. The van der Waals surface area contributed by atoms with Gasteiger partial charge in [-0.15, -0.1) is 0 Å². The molecule has 0 aromatic carbocycles. The lowest BCUT2D eigenvalue weighted by atomic mass is 10.1. The summed E-state index contributed by atoms with van der Waals surface area (Å²) in [5.74, 6) is 0.605. The fourth-order valence-electron chi connectivity index (χ4n) is 1.22. The van der Waals surface area contributed by atoms with Crippen molar-refractivity contribution in [3.05, 3.63) is 23.9 Å². The van der Waals surface area contributed by atoms with Gasteiger partial charge in [0.25, 0.3) is 0 Å². The lowest BCUT2D eigenvalue weighted by molar-refractivity contribution is -0.133. The number of carbonyl (C=O) groups is 1. The molecule has 0 bridgehead atoms. The van der Waals surface area contributed by atoms with E-state index in [0.717, 1.165) is 5.56 Å². The van der Waals surface area contributed by atoms with Gasteiger partial charge in [0.15, 0.2) is 0 Å². The van der Waals surface area contributed by atoms with Crippen LogP contribution in [0.1, 0.15) is 47.1 Å². The van der Waals surface area contributed by atoms with E-state index in [1.807, 2.05) is 60.6 Å². The van der Waals surface area contributed by atoms with E-state index >= 15 is 0 Å². The van der Waals surface area contributed by atoms with E-state index in [1.165, 1.54) is 0 Å². The first kappa shape index (κ1) is 20.9. The summed E-state index contributed by atoms with van der Waals surface area (Å²) in [4.78, 5) is 15.5. The molecule has 0 radical (unpaired) electrons.